The van der Waals surface area contributed by atoms with E-state index in [9.17, 15) is 13.2 Å². The zero-order valence-electron chi connectivity index (χ0n) is 16.2. The molecular weight excluding hydrogens is 402 g/mol. The molecule has 9 heteroatoms. The summed E-state index contributed by atoms with van der Waals surface area (Å²) < 4.78 is 32.4. The SMILES string of the molecule is CCN(CC)S(=O)(=O)c1cc(C(=O)N(CCC#N)C2CCOCC2)ccc1Cl. The molecule has 1 aliphatic rings. The molecule has 28 heavy (non-hydrogen) atoms. The molecule has 1 aromatic rings. The van der Waals surface area contributed by atoms with E-state index in [0.717, 1.165) is 0 Å². The first-order valence-corrected chi connectivity index (χ1v) is 11.2. The zero-order valence-corrected chi connectivity index (χ0v) is 17.8. The van der Waals surface area contributed by atoms with Crippen molar-refractivity contribution in [1.82, 2.24) is 9.21 Å². The Morgan fingerprint density at radius 2 is 1.93 bits per heavy atom. The van der Waals surface area contributed by atoms with E-state index in [1.807, 2.05) is 0 Å². The highest BCUT2D eigenvalue weighted by Crippen LogP contribution is 2.27. The molecule has 0 spiro atoms. The summed E-state index contributed by atoms with van der Waals surface area (Å²) >= 11 is 6.16. The van der Waals surface area contributed by atoms with Gasteiger partial charge in [-0.05, 0) is 31.0 Å². The second-order valence-electron chi connectivity index (χ2n) is 6.48. The van der Waals surface area contributed by atoms with E-state index in [0.29, 0.717) is 45.7 Å². The largest absolute Gasteiger partial charge is 0.381 e. The molecule has 0 atom stereocenters. The topological polar surface area (TPSA) is 90.7 Å². The molecule has 0 saturated carbocycles. The Balaban J connectivity index is 2.39. The molecule has 0 aliphatic carbocycles. The standard InChI is InChI=1S/C19H26ClN3O4S/c1-3-22(4-2)28(25,26)18-14-15(6-7-17(18)20)19(24)23(11-5-10-21)16-8-12-27-13-9-16/h6-7,14,16H,3-5,8-9,11-13H2,1-2H3. The fraction of sp³-hybridized carbons (Fsp3) is 0.579. The normalized spacial score (nSPS) is 15.4. The Morgan fingerprint density at radius 3 is 2.50 bits per heavy atom. The van der Waals surface area contributed by atoms with Crippen molar-refractivity contribution >= 4 is 27.5 Å². The first-order valence-electron chi connectivity index (χ1n) is 9.42. The van der Waals surface area contributed by atoms with E-state index in [-0.39, 0.29) is 33.9 Å². The predicted molar refractivity (Wildman–Crippen MR) is 107 cm³/mol. The number of ether oxygens (including phenoxy) is 1. The van der Waals surface area contributed by atoms with Crippen LogP contribution in [-0.4, -0.2) is 62.4 Å². The lowest BCUT2D eigenvalue weighted by Gasteiger charge is -2.34. The molecular formula is C19H26ClN3O4S. The van der Waals surface area contributed by atoms with E-state index in [1.54, 1.807) is 18.7 Å². The van der Waals surface area contributed by atoms with Gasteiger partial charge in [0.15, 0.2) is 0 Å². The molecule has 1 heterocycles. The summed E-state index contributed by atoms with van der Waals surface area (Å²) in [6.45, 7) is 5.53. The van der Waals surface area contributed by atoms with Gasteiger partial charge in [0.05, 0.1) is 17.5 Å². The molecule has 154 valence electrons. The highest BCUT2D eigenvalue weighted by Gasteiger charge is 2.29. The van der Waals surface area contributed by atoms with Crippen LogP contribution in [0.2, 0.25) is 5.02 Å². The second-order valence-corrected chi connectivity index (χ2v) is 8.80. The molecule has 1 amide bonds. The van der Waals surface area contributed by atoms with Crippen LogP contribution in [0.1, 0.15) is 43.5 Å². The molecule has 1 aliphatic heterocycles. The van der Waals surface area contributed by atoms with Crippen molar-refractivity contribution in [2.24, 2.45) is 0 Å². The first-order chi connectivity index (χ1) is 13.4. The molecule has 0 N–H and O–H groups in total. The molecule has 0 radical (unpaired) electrons. The Kier molecular flexibility index (Phi) is 8.25. The summed E-state index contributed by atoms with van der Waals surface area (Å²) in [7, 11) is -3.80. The number of hydrogen-bond donors (Lipinski definition) is 0. The van der Waals surface area contributed by atoms with Crippen LogP contribution in [0, 0.1) is 11.3 Å². The number of halogens is 1. The van der Waals surface area contributed by atoms with Gasteiger partial charge in [0.25, 0.3) is 5.91 Å². The van der Waals surface area contributed by atoms with Gasteiger partial charge in [0.1, 0.15) is 4.90 Å². The molecule has 2 rings (SSSR count). The Morgan fingerprint density at radius 1 is 1.29 bits per heavy atom. The first kappa shape index (κ1) is 22.6. The summed E-state index contributed by atoms with van der Waals surface area (Å²) in [5.74, 6) is -0.296. The van der Waals surface area contributed by atoms with Gasteiger partial charge in [0.2, 0.25) is 10.0 Å². The number of sulfonamides is 1. The Bertz CT molecular complexity index is 828. The van der Waals surface area contributed by atoms with Crippen LogP contribution in [0.3, 0.4) is 0 Å². The number of carbonyl (C=O) groups is 1. The average Bonchev–Trinajstić information content (AvgIpc) is 2.70. The molecule has 1 fully saturated rings. The van der Waals surface area contributed by atoms with Gasteiger partial charge in [-0.3, -0.25) is 4.79 Å². The van der Waals surface area contributed by atoms with E-state index in [4.69, 9.17) is 21.6 Å². The summed E-state index contributed by atoms with van der Waals surface area (Å²) in [5, 5.41) is 9.04. The van der Waals surface area contributed by atoms with Gasteiger partial charge in [-0.1, -0.05) is 25.4 Å². The third-order valence-corrected chi connectivity index (χ3v) is 7.39. The van der Waals surface area contributed by atoms with Crippen LogP contribution in [0.4, 0.5) is 0 Å². The van der Waals surface area contributed by atoms with Crippen molar-refractivity contribution in [2.45, 2.75) is 44.0 Å². The maximum absolute atomic E-state index is 13.2. The van der Waals surface area contributed by atoms with E-state index >= 15 is 0 Å². The summed E-state index contributed by atoms with van der Waals surface area (Å²) in [4.78, 5) is 14.8. The van der Waals surface area contributed by atoms with E-state index in [2.05, 4.69) is 6.07 Å². The van der Waals surface area contributed by atoms with Crippen molar-refractivity contribution in [3.05, 3.63) is 28.8 Å². The third kappa shape index (κ3) is 5.03. The minimum absolute atomic E-state index is 0.0342. The fourth-order valence-electron chi connectivity index (χ4n) is 3.32. The number of benzene rings is 1. The third-order valence-electron chi connectivity index (χ3n) is 4.86. The quantitative estimate of drug-likeness (QED) is 0.636. The van der Waals surface area contributed by atoms with Crippen LogP contribution in [-0.2, 0) is 14.8 Å². The maximum atomic E-state index is 13.2. The van der Waals surface area contributed by atoms with Gasteiger partial charge < -0.3 is 9.64 Å². The lowest BCUT2D eigenvalue weighted by molar-refractivity contribution is 0.0296. The molecule has 0 bridgehead atoms. The van der Waals surface area contributed by atoms with Crippen molar-refractivity contribution in [3.8, 4) is 6.07 Å². The number of rotatable bonds is 8. The van der Waals surface area contributed by atoms with Crippen molar-refractivity contribution in [1.29, 1.82) is 5.26 Å². The van der Waals surface area contributed by atoms with Crippen molar-refractivity contribution < 1.29 is 17.9 Å². The molecule has 0 unspecified atom stereocenters. The average molecular weight is 428 g/mol. The predicted octanol–water partition coefficient (Wildman–Crippen LogP) is 2.91. The fourth-order valence-corrected chi connectivity index (χ4v) is 5.28. The van der Waals surface area contributed by atoms with Crippen molar-refractivity contribution in [2.75, 3.05) is 32.8 Å². The molecule has 0 aromatic heterocycles. The van der Waals surface area contributed by atoms with E-state index in [1.165, 1.54) is 22.5 Å². The molecule has 7 nitrogen and oxygen atoms in total. The number of amides is 1. The van der Waals surface area contributed by atoms with E-state index < -0.39 is 10.0 Å². The lowest BCUT2D eigenvalue weighted by Crippen LogP contribution is -2.44. The lowest BCUT2D eigenvalue weighted by atomic mass is 10.0. The Labute approximate surface area is 171 Å². The number of carbonyl (C=O) groups excluding carboxylic acids is 1. The second kappa shape index (κ2) is 10.2. The number of nitriles is 1. The minimum Gasteiger partial charge on any atom is -0.381 e. The monoisotopic (exact) mass is 427 g/mol. The van der Waals surface area contributed by atoms with Crippen LogP contribution in [0.15, 0.2) is 23.1 Å². The smallest absolute Gasteiger partial charge is 0.254 e. The minimum atomic E-state index is -3.80. The number of nitrogens with zero attached hydrogens (tertiary/aromatic N) is 3. The van der Waals surface area contributed by atoms with Crippen LogP contribution in [0.5, 0.6) is 0 Å². The van der Waals surface area contributed by atoms with Crippen LogP contribution in [0.25, 0.3) is 0 Å². The van der Waals surface area contributed by atoms with Gasteiger partial charge in [0, 0.05) is 44.5 Å². The van der Waals surface area contributed by atoms with Gasteiger partial charge >= 0.3 is 0 Å². The van der Waals surface area contributed by atoms with Crippen LogP contribution < -0.4 is 0 Å². The summed E-state index contributed by atoms with van der Waals surface area (Å²) in [5.41, 5.74) is 0.250. The summed E-state index contributed by atoms with van der Waals surface area (Å²) in [6, 6.07) is 6.35. The number of hydrogen-bond acceptors (Lipinski definition) is 5. The maximum Gasteiger partial charge on any atom is 0.254 e. The van der Waals surface area contributed by atoms with Gasteiger partial charge in [-0.25, -0.2) is 8.42 Å². The van der Waals surface area contributed by atoms with Crippen LogP contribution >= 0.6 is 11.6 Å². The highest BCUT2D eigenvalue weighted by molar-refractivity contribution is 7.89. The molecule has 1 saturated heterocycles. The van der Waals surface area contributed by atoms with Gasteiger partial charge in [-0.15, -0.1) is 0 Å². The van der Waals surface area contributed by atoms with Crippen molar-refractivity contribution in [3.63, 3.8) is 0 Å². The molecule has 1 aromatic carbocycles. The van der Waals surface area contributed by atoms with Gasteiger partial charge in [-0.2, -0.15) is 9.57 Å². The highest BCUT2D eigenvalue weighted by atomic mass is 35.5. The zero-order chi connectivity index (χ0) is 20.7. The Hall–Kier alpha value is -1.66. The summed E-state index contributed by atoms with van der Waals surface area (Å²) in [6.07, 6.45) is 1.59.